The first-order valence-electron chi connectivity index (χ1n) is 7.21. The van der Waals surface area contributed by atoms with Gasteiger partial charge in [0, 0.05) is 26.8 Å². The highest BCUT2D eigenvalue weighted by molar-refractivity contribution is 9.10. The van der Waals surface area contributed by atoms with Gasteiger partial charge in [0.15, 0.2) is 5.78 Å². The number of hydrogen-bond donors (Lipinski definition) is 1. The van der Waals surface area contributed by atoms with Crippen LogP contribution in [0.3, 0.4) is 0 Å². The molecule has 0 heterocycles. The van der Waals surface area contributed by atoms with Gasteiger partial charge in [0.2, 0.25) is 0 Å². The fraction of sp³-hybridized carbons (Fsp3) is 0.111. The number of esters is 1. The monoisotopic (exact) mass is 407 g/mol. The summed E-state index contributed by atoms with van der Waals surface area (Å²) in [6.07, 6.45) is 1.23. The van der Waals surface area contributed by atoms with Gasteiger partial charge in [-0.25, -0.2) is 4.79 Å². The lowest BCUT2D eigenvalue weighted by molar-refractivity contribution is -0.138. The molecule has 0 amide bonds. The quantitative estimate of drug-likeness (QED) is 0.422. The summed E-state index contributed by atoms with van der Waals surface area (Å²) in [6, 6.07) is 13.7. The zero-order valence-electron chi connectivity index (χ0n) is 12.9. The molecule has 6 heteroatoms. The maximum Gasteiger partial charge on any atom is 0.354 e. The maximum absolute atomic E-state index is 12.3. The number of ketones is 1. The number of carbonyl (C=O) groups is 2. The minimum atomic E-state index is -0.595. The van der Waals surface area contributed by atoms with Crippen molar-refractivity contribution in [1.82, 2.24) is 0 Å². The summed E-state index contributed by atoms with van der Waals surface area (Å²) < 4.78 is 5.91. The minimum absolute atomic E-state index is 0.0686. The first kappa shape index (κ1) is 18.2. The average molecular weight is 409 g/mol. The number of allylic oxidation sites excluding steroid dienone is 1. The van der Waals surface area contributed by atoms with Crippen molar-refractivity contribution in [2.24, 2.45) is 0 Å². The van der Waals surface area contributed by atoms with Crippen molar-refractivity contribution in [3.05, 3.63) is 75.4 Å². The zero-order valence-corrected chi connectivity index (χ0v) is 15.2. The molecule has 0 saturated heterocycles. The first-order valence-corrected chi connectivity index (χ1v) is 8.38. The number of anilines is 1. The molecule has 0 atom stereocenters. The molecular formula is C18H15BrClNO3. The van der Waals surface area contributed by atoms with Crippen LogP contribution in [-0.4, -0.2) is 18.4 Å². The number of carbonyl (C=O) groups excluding carboxylic acids is 2. The SMILES string of the molecule is CCOC(=O)/C(=C/C(=O)c1ccc(Cl)cc1)Nc1ccc(Br)cc1. The molecule has 124 valence electrons. The second-order valence-electron chi connectivity index (χ2n) is 4.78. The van der Waals surface area contributed by atoms with E-state index >= 15 is 0 Å². The Balaban J connectivity index is 2.27. The molecule has 24 heavy (non-hydrogen) atoms. The van der Waals surface area contributed by atoms with Crippen molar-refractivity contribution in [1.29, 1.82) is 0 Å². The van der Waals surface area contributed by atoms with E-state index in [0.717, 1.165) is 4.47 Å². The largest absolute Gasteiger partial charge is 0.461 e. The highest BCUT2D eigenvalue weighted by Gasteiger charge is 2.14. The van der Waals surface area contributed by atoms with Gasteiger partial charge in [-0.05, 0) is 55.5 Å². The Morgan fingerprint density at radius 1 is 1.12 bits per heavy atom. The second kappa shape index (κ2) is 8.66. The van der Waals surface area contributed by atoms with Crippen LogP contribution in [0.4, 0.5) is 5.69 Å². The molecular weight excluding hydrogens is 394 g/mol. The molecule has 0 spiro atoms. The van der Waals surface area contributed by atoms with Gasteiger partial charge in [0.25, 0.3) is 0 Å². The number of nitrogens with one attached hydrogen (secondary N) is 1. The lowest BCUT2D eigenvalue weighted by Gasteiger charge is -2.10. The molecule has 4 nitrogen and oxygen atoms in total. The van der Waals surface area contributed by atoms with E-state index in [2.05, 4.69) is 21.2 Å². The predicted molar refractivity (Wildman–Crippen MR) is 98.3 cm³/mol. The minimum Gasteiger partial charge on any atom is -0.461 e. The van der Waals surface area contributed by atoms with E-state index in [1.807, 2.05) is 12.1 Å². The highest BCUT2D eigenvalue weighted by Crippen LogP contribution is 2.17. The highest BCUT2D eigenvalue weighted by atomic mass is 79.9. The summed E-state index contributed by atoms with van der Waals surface area (Å²) in [4.78, 5) is 24.4. The van der Waals surface area contributed by atoms with Crippen LogP contribution in [0.5, 0.6) is 0 Å². The Bertz CT molecular complexity index is 755. The number of benzene rings is 2. The van der Waals surface area contributed by atoms with E-state index in [4.69, 9.17) is 16.3 Å². The molecule has 0 bridgehead atoms. The standard InChI is InChI=1S/C18H15BrClNO3/c1-2-24-18(23)16(21-15-9-5-13(19)6-10-15)11-17(22)12-3-7-14(20)8-4-12/h3-11,21H,2H2,1H3/b16-11-. The normalized spacial score (nSPS) is 11.0. The number of rotatable bonds is 6. The molecule has 1 N–H and O–H groups in total. The van der Waals surface area contributed by atoms with E-state index in [0.29, 0.717) is 16.3 Å². The lowest BCUT2D eigenvalue weighted by Crippen LogP contribution is -2.16. The van der Waals surface area contributed by atoms with Crippen molar-refractivity contribution in [2.45, 2.75) is 6.92 Å². The fourth-order valence-corrected chi connectivity index (χ4v) is 2.26. The van der Waals surface area contributed by atoms with Crippen LogP contribution < -0.4 is 5.32 Å². The molecule has 0 unspecified atom stereocenters. The summed E-state index contributed by atoms with van der Waals surface area (Å²) in [6.45, 7) is 1.92. The molecule has 2 rings (SSSR count). The third kappa shape index (κ3) is 5.22. The van der Waals surface area contributed by atoms with Gasteiger partial charge in [-0.15, -0.1) is 0 Å². The van der Waals surface area contributed by atoms with E-state index in [1.165, 1.54) is 6.08 Å². The van der Waals surface area contributed by atoms with Crippen LogP contribution in [0, 0.1) is 0 Å². The smallest absolute Gasteiger partial charge is 0.354 e. The summed E-state index contributed by atoms with van der Waals surface area (Å²) in [5.74, 6) is -0.915. The number of ether oxygens (including phenoxy) is 1. The average Bonchev–Trinajstić information content (AvgIpc) is 2.57. The molecule has 0 fully saturated rings. The van der Waals surface area contributed by atoms with Crippen molar-refractivity contribution in [3.8, 4) is 0 Å². The van der Waals surface area contributed by atoms with Gasteiger partial charge in [-0.1, -0.05) is 27.5 Å². The van der Waals surface area contributed by atoms with Crippen LogP contribution in [0.25, 0.3) is 0 Å². The van der Waals surface area contributed by atoms with E-state index < -0.39 is 5.97 Å². The van der Waals surface area contributed by atoms with Crippen LogP contribution >= 0.6 is 27.5 Å². The molecule has 0 aromatic heterocycles. The lowest BCUT2D eigenvalue weighted by atomic mass is 10.1. The zero-order chi connectivity index (χ0) is 17.5. The summed E-state index contributed by atoms with van der Waals surface area (Å²) in [7, 11) is 0. The van der Waals surface area contributed by atoms with Crippen LogP contribution in [0.15, 0.2) is 64.8 Å². The van der Waals surface area contributed by atoms with Gasteiger partial charge in [0.1, 0.15) is 5.70 Å². The van der Waals surface area contributed by atoms with Crippen molar-refractivity contribution in [3.63, 3.8) is 0 Å². The molecule has 0 aliphatic carbocycles. The topological polar surface area (TPSA) is 55.4 Å². The fourth-order valence-electron chi connectivity index (χ4n) is 1.87. The first-order chi connectivity index (χ1) is 11.5. The summed E-state index contributed by atoms with van der Waals surface area (Å²) in [5, 5.41) is 3.46. The summed E-state index contributed by atoms with van der Waals surface area (Å²) in [5.41, 5.74) is 1.17. The number of hydrogen-bond acceptors (Lipinski definition) is 4. The van der Waals surface area contributed by atoms with Gasteiger partial charge < -0.3 is 10.1 Å². The third-order valence-corrected chi connectivity index (χ3v) is 3.80. The molecule has 2 aromatic carbocycles. The van der Waals surface area contributed by atoms with Gasteiger partial charge in [-0.2, -0.15) is 0 Å². The van der Waals surface area contributed by atoms with E-state index in [-0.39, 0.29) is 18.1 Å². The van der Waals surface area contributed by atoms with E-state index in [9.17, 15) is 9.59 Å². The molecule has 0 aliphatic rings. The van der Waals surface area contributed by atoms with Crippen LogP contribution in [0.1, 0.15) is 17.3 Å². The van der Waals surface area contributed by atoms with Gasteiger partial charge in [0.05, 0.1) is 6.61 Å². The predicted octanol–water partition coefficient (Wildman–Crippen LogP) is 4.84. The van der Waals surface area contributed by atoms with Crippen LogP contribution in [0.2, 0.25) is 5.02 Å². The molecule has 0 aliphatic heterocycles. The second-order valence-corrected chi connectivity index (χ2v) is 6.13. The van der Waals surface area contributed by atoms with Gasteiger partial charge >= 0.3 is 5.97 Å². The molecule has 0 saturated carbocycles. The molecule has 0 radical (unpaired) electrons. The summed E-state index contributed by atoms with van der Waals surface area (Å²) >= 11 is 9.16. The number of halogens is 2. The Hall–Kier alpha value is -2.11. The molecule has 2 aromatic rings. The third-order valence-electron chi connectivity index (χ3n) is 3.02. The van der Waals surface area contributed by atoms with Crippen molar-refractivity contribution in [2.75, 3.05) is 11.9 Å². The van der Waals surface area contributed by atoms with Crippen molar-refractivity contribution >= 4 is 45.0 Å². The van der Waals surface area contributed by atoms with E-state index in [1.54, 1.807) is 43.3 Å². The Labute approximate surface area is 153 Å². The Kier molecular flexibility index (Phi) is 6.58. The maximum atomic E-state index is 12.3. The Morgan fingerprint density at radius 2 is 1.75 bits per heavy atom. The van der Waals surface area contributed by atoms with Crippen molar-refractivity contribution < 1.29 is 14.3 Å². The van der Waals surface area contributed by atoms with Crippen LogP contribution in [-0.2, 0) is 9.53 Å². The Morgan fingerprint density at radius 3 is 2.33 bits per heavy atom. The van der Waals surface area contributed by atoms with Gasteiger partial charge in [-0.3, -0.25) is 4.79 Å².